The topological polar surface area (TPSA) is 46.2 Å². The van der Waals surface area contributed by atoms with Crippen molar-refractivity contribution < 1.29 is 8.42 Å². The van der Waals surface area contributed by atoms with Gasteiger partial charge in [0.15, 0.2) is 0 Å². The first kappa shape index (κ1) is 15.7. The van der Waals surface area contributed by atoms with E-state index in [1.165, 1.54) is 0 Å². The van der Waals surface area contributed by atoms with Crippen molar-refractivity contribution in [2.24, 2.45) is 0 Å². The van der Waals surface area contributed by atoms with Crippen LogP contribution in [0, 0.1) is 0 Å². The summed E-state index contributed by atoms with van der Waals surface area (Å²) in [7, 11) is -3.34. The quantitative estimate of drug-likeness (QED) is 0.812. The van der Waals surface area contributed by atoms with Crippen LogP contribution in [0.5, 0.6) is 0 Å². The Labute approximate surface area is 118 Å². The van der Waals surface area contributed by atoms with Gasteiger partial charge < -0.3 is 0 Å². The Balaban J connectivity index is 2.93. The minimum Gasteiger partial charge on any atom is -0.211 e. The molecule has 2 unspecified atom stereocenters. The van der Waals surface area contributed by atoms with Gasteiger partial charge >= 0.3 is 0 Å². The van der Waals surface area contributed by atoms with E-state index in [1.807, 2.05) is 12.1 Å². The van der Waals surface area contributed by atoms with Crippen LogP contribution in [0.2, 0.25) is 0 Å². The maximum Gasteiger partial charge on any atom is 0.240 e. The lowest BCUT2D eigenvalue weighted by atomic mass is 9.97. The Kier molecular flexibility index (Phi) is 5.82. The fourth-order valence-corrected chi connectivity index (χ4v) is 3.13. The number of halogens is 1. The normalized spacial score (nSPS) is 15.3. The zero-order valence-electron chi connectivity index (χ0n) is 11.0. The molecule has 0 aliphatic rings. The van der Waals surface area contributed by atoms with Gasteiger partial charge in [0.2, 0.25) is 10.0 Å². The molecule has 0 amide bonds. The molecular weight excluding hydrogens is 314 g/mol. The molecule has 0 heterocycles. The number of sulfonamides is 1. The van der Waals surface area contributed by atoms with Gasteiger partial charge in [0.05, 0.1) is 4.90 Å². The lowest BCUT2D eigenvalue weighted by Crippen LogP contribution is -2.23. The third-order valence-corrected chi connectivity index (χ3v) is 5.99. The first-order valence-electron chi connectivity index (χ1n) is 6.16. The summed E-state index contributed by atoms with van der Waals surface area (Å²) in [6.07, 6.45) is 1.04. The summed E-state index contributed by atoms with van der Waals surface area (Å²) in [6, 6.07) is 7.11. The van der Waals surface area contributed by atoms with Gasteiger partial charge in [0.1, 0.15) is 0 Å². The Bertz CT molecular complexity index is 470. The van der Waals surface area contributed by atoms with E-state index in [9.17, 15) is 8.42 Å². The number of benzene rings is 1. The molecule has 0 fully saturated rings. The minimum atomic E-state index is -3.34. The zero-order chi connectivity index (χ0) is 13.8. The Morgan fingerprint density at radius 1 is 1.22 bits per heavy atom. The first-order chi connectivity index (χ1) is 8.42. The van der Waals surface area contributed by atoms with Crippen LogP contribution in [0.25, 0.3) is 0 Å². The summed E-state index contributed by atoms with van der Waals surface area (Å²) in [5, 5.41) is 0. The largest absolute Gasteiger partial charge is 0.240 e. The highest BCUT2D eigenvalue weighted by Gasteiger charge is 2.16. The van der Waals surface area contributed by atoms with Crippen molar-refractivity contribution in [2.75, 3.05) is 6.54 Å². The van der Waals surface area contributed by atoms with Crippen LogP contribution in [-0.2, 0) is 10.0 Å². The van der Waals surface area contributed by atoms with Crippen LogP contribution in [0.4, 0.5) is 0 Å². The highest BCUT2D eigenvalue weighted by Crippen LogP contribution is 2.27. The van der Waals surface area contributed by atoms with E-state index in [1.54, 1.807) is 19.1 Å². The molecule has 5 heteroatoms. The van der Waals surface area contributed by atoms with E-state index >= 15 is 0 Å². The van der Waals surface area contributed by atoms with Gasteiger partial charge in [-0.3, -0.25) is 0 Å². The van der Waals surface area contributed by atoms with Crippen LogP contribution in [0.1, 0.15) is 38.7 Å². The van der Waals surface area contributed by atoms with Gasteiger partial charge in [-0.15, -0.1) is 0 Å². The second-order valence-electron chi connectivity index (χ2n) is 4.28. The second kappa shape index (κ2) is 6.68. The van der Waals surface area contributed by atoms with Gasteiger partial charge in [-0.25, -0.2) is 13.1 Å². The summed E-state index contributed by atoms with van der Waals surface area (Å²) in [5.74, 6) is 0.367. The van der Waals surface area contributed by atoms with E-state index in [0.29, 0.717) is 22.2 Å². The van der Waals surface area contributed by atoms with Crippen LogP contribution in [0.3, 0.4) is 0 Å². The minimum absolute atomic E-state index is 0.322. The van der Waals surface area contributed by atoms with E-state index in [0.717, 1.165) is 12.0 Å². The van der Waals surface area contributed by atoms with Crippen molar-refractivity contribution in [1.29, 1.82) is 0 Å². The number of alkyl halides is 1. The predicted molar refractivity (Wildman–Crippen MR) is 78.7 cm³/mol. The van der Waals surface area contributed by atoms with Gasteiger partial charge in [-0.1, -0.05) is 48.8 Å². The number of nitrogens with one attached hydrogen (secondary N) is 1. The van der Waals surface area contributed by atoms with Crippen molar-refractivity contribution in [3.8, 4) is 0 Å². The number of hydrogen-bond donors (Lipinski definition) is 1. The molecule has 18 heavy (non-hydrogen) atoms. The fourth-order valence-electron chi connectivity index (χ4n) is 1.79. The molecule has 0 aromatic heterocycles. The van der Waals surface area contributed by atoms with Crippen LogP contribution < -0.4 is 4.72 Å². The van der Waals surface area contributed by atoms with Crippen LogP contribution in [0.15, 0.2) is 29.2 Å². The number of hydrogen-bond acceptors (Lipinski definition) is 2. The maximum absolute atomic E-state index is 11.8. The van der Waals surface area contributed by atoms with E-state index < -0.39 is 10.0 Å². The van der Waals surface area contributed by atoms with Crippen molar-refractivity contribution in [3.05, 3.63) is 29.8 Å². The first-order valence-corrected chi connectivity index (χ1v) is 8.56. The lowest BCUT2D eigenvalue weighted by Gasteiger charge is -2.17. The lowest BCUT2D eigenvalue weighted by molar-refractivity contribution is 0.584. The molecule has 1 N–H and O–H groups in total. The van der Waals surface area contributed by atoms with Gasteiger partial charge in [0.25, 0.3) is 0 Å². The average Bonchev–Trinajstić information content (AvgIpc) is 2.37. The van der Waals surface area contributed by atoms with Crippen molar-refractivity contribution in [1.82, 2.24) is 4.72 Å². The SMILES string of the molecule is CCNS(=O)(=O)c1ccc(C(C)C(Br)CC)cc1. The average molecular weight is 334 g/mol. The maximum atomic E-state index is 11.8. The van der Waals surface area contributed by atoms with Crippen molar-refractivity contribution in [2.45, 2.75) is 42.8 Å². The molecule has 0 radical (unpaired) electrons. The summed E-state index contributed by atoms with van der Waals surface area (Å²) in [5.41, 5.74) is 1.15. The van der Waals surface area contributed by atoms with Gasteiger partial charge in [-0.2, -0.15) is 0 Å². The zero-order valence-corrected chi connectivity index (χ0v) is 13.4. The van der Waals surface area contributed by atoms with E-state index in [-0.39, 0.29) is 0 Å². The highest BCUT2D eigenvalue weighted by atomic mass is 79.9. The molecule has 0 aliphatic carbocycles. The molecule has 0 bridgehead atoms. The molecule has 1 aromatic carbocycles. The molecule has 2 atom stereocenters. The monoisotopic (exact) mass is 333 g/mol. The molecule has 3 nitrogen and oxygen atoms in total. The standard InChI is InChI=1S/C13H20BrNO2S/c1-4-13(14)10(3)11-6-8-12(9-7-11)18(16,17)15-5-2/h6-10,13,15H,4-5H2,1-3H3. The van der Waals surface area contributed by atoms with E-state index in [4.69, 9.17) is 0 Å². The van der Waals surface area contributed by atoms with Gasteiger partial charge in [0, 0.05) is 11.4 Å². The second-order valence-corrected chi connectivity index (χ2v) is 7.23. The fraction of sp³-hybridized carbons (Fsp3) is 0.538. The third-order valence-electron chi connectivity index (χ3n) is 2.98. The van der Waals surface area contributed by atoms with E-state index in [2.05, 4.69) is 34.5 Å². The molecule has 102 valence electrons. The van der Waals surface area contributed by atoms with Crippen molar-refractivity contribution in [3.63, 3.8) is 0 Å². The summed E-state index contributed by atoms with van der Waals surface area (Å²) >= 11 is 3.63. The molecular formula is C13H20BrNO2S. The summed E-state index contributed by atoms with van der Waals surface area (Å²) < 4.78 is 26.0. The third kappa shape index (κ3) is 3.80. The van der Waals surface area contributed by atoms with Crippen LogP contribution >= 0.6 is 15.9 Å². The Hall–Kier alpha value is -0.390. The Morgan fingerprint density at radius 2 is 1.78 bits per heavy atom. The van der Waals surface area contributed by atoms with Crippen molar-refractivity contribution >= 4 is 26.0 Å². The Morgan fingerprint density at radius 3 is 2.22 bits per heavy atom. The molecule has 0 saturated heterocycles. The molecule has 0 saturated carbocycles. The summed E-state index contributed by atoms with van der Waals surface area (Å²) in [4.78, 5) is 0.733. The molecule has 1 aromatic rings. The van der Waals surface area contributed by atoms with Gasteiger partial charge in [-0.05, 0) is 30.0 Å². The highest BCUT2D eigenvalue weighted by molar-refractivity contribution is 9.09. The molecule has 0 aliphatic heterocycles. The molecule has 1 rings (SSSR count). The van der Waals surface area contributed by atoms with Crippen LogP contribution in [-0.4, -0.2) is 19.8 Å². The smallest absolute Gasteiger partial charge is 0.211 e. The number of rotatable bonds is 6. The summed E-state index contributed by atoms with van der Waals surface area (Å²) in [6.45, 7) is 6.43. The predicted octanol–water partition coefficient (Wildman–Crippen LogP) is 3.26. The molecule has 0 spiro atoms.